The third-order valence-electron chi connectivity index (χ3n) is 4.50. The Balaban J connectivity index is 1.71. The van der Waals surface area contributed by atoms with E-state index in [1.54, 1.807) is 39.0 Å². The van der Waals surface area contributed by atoms with E-state index in [-0.39, 0.29) is 18.9 Å². The monoisotopic (exact) mass is 419 g/mol. The van der Waals surface area contributed by atoms with Crippen LogP contribution in [0, 0.1) is 5.41 Å². The van der Waals surface area contributed by atoms with Crippen molar-refractivity contribution in [2.75, 3.05) is 0 Å². The van der Waals surface area contributed by atoms with Crippen molar-refractivity contribution in [3.8, 4) is 5.69 Å². The molecule has 11 heteroatoms. The first-order valence-electron chi connectivity index (χ1n) is 9.01. The summed E-state index contributed by atoms with van der Waals surface area (Å²) >= 11 is 6.09. The lowest BCUT2D eigenvalue weighted by Gasteiger charge is -2.29. The Morgan fingerprint density at radius 1 is 1.38 bits per heavy atom. The molecule has 29 heavy (non-hydrogen) atoms. The van der Waals surface area contributed by atoms with Gasteiger partial charge in [-0.25, -0.2) is 9.69 Å². The predicted molar refractivity (Wildman–Crippen MR) is 105 cm³/mol. The Kier molecular flexibility index (Phi) is 5.94. The SMILES string of the molecule is CC(C)(C)[C@@H](O)C(=O)N1N=CCC1C(=O)NCc1cc(Cl)ccc1-n1cnnn1. The van der Waals surface area contributed by atoms with Crippen LogP contribution in [0.3, 0.4) is 0 Å². The number of carbonyl (C=O) groups excluding carboxylic acids is 2. The van der Waals surface area contributed by atoms with Crippen LogP contribution in [0.25, 0.3) is 5.69 Å². The van der Waals surface area contributed by atoms with Crippen molar-refractivity contribution in [3.63, 3.8) is 0 Å². The third kappa shape index (κ3) is 4.60. The van der Waals surface area contributed by atoms with Crippen LogP contribution in [0.4, 0.5) is 0 Å². The molecule has 3 rings (SSSR count). The molecule has 2 aromatic rings. The number of tetrazole rings is 1. The van der Waals surface area contributed by atoms with Crippen LogP contribution < -0.4 is 5.32 Å². The molecule has 2 N–H and O–H groups in total. The summed E-state index contributed by atoms with van der Waals surface area (Å²) in [5.41, 5.74) is 0.695. The lowest BCUT2D eigenvalue weighted by atomic mass is 9.88. The molecule has 0 aliphatic carbocycles. The number of benzene rings is 1. The zero-order valence-electron chi connectivity index (χ0n) is 16.3. The van der Waals surface area contributed by atoms with Gasteiger partial charge in [-0.2, -0.15) is 5.10 Å². The van der Waals surface area contributed by atoms with Gasteiger partial charge >= 0.3 is 0 Å². The number of hydrogen-bond donors (Lipinski definition) is 2. The number of aromatic nitrogens is 4. The zero-order valence-corrected chi connectivity index (χ0v) is 17.0. The maximum absolute atomic E-state index is 12.7. The topological polar surface area (TPSA) is 126 Å². The smallest absolute Gasteiger partial charge is 0.272 e. The summed E-state index contributed by atoms with van der Waals surface area (Å²) < 4.78 is 1.46. The van der Waals surface area contributed by atoms with Crippen molar-refractivity contribution >= 4 is 29.6 Å². The molecular formula is C18H22ClN7O3. The van der Waals surface area contributed by atoms with E-state index in [0.717, 1.165) is 5.01 Å². The summed E-state index contributed by atoms with van der Waals surface area (Å²) in [7, 11) is 0. The second-order valence-corrected chi connectivity index (χ2v) is 8.18. The van der Waals surface area contributed by atoms with Crippen LogP contribution in [0.1, 0.15) is 32.8 Å². The third-order valence-corrected chi connectivity index (χ3v) is 4.74. The average Bonchev–Trinajstić information content (AvgIpc) is 3.36. The van der Waals surface area contributed by atoms with Gasteiger partial charge in [-0.3, -0.25) is 9.59 Å². The Hall–Kier alpha value is -2.85. The van der Waals surface area contributed by atoms with Crippen LogP contribution >= 0.6 is 11.6 Å². The van der Waals surface area contributed by atoms with E-state index < -0.39 is 23.5 Å². The van der Waals surface area contributed by atoms with Crippen molar-refractivity contribution in [1.29, 1.82) is 0 Å². The van der Waals surface area contributed by atoms with E-state index in [9.17, 15) is 14.7 Å². The van der Waals surface area contributed by atoms with Gasteiger partial charge in [0.25, 0.3) is 5.91 Å². The van der Waals surface area contributed by atoms with Crippen molar-refractivity contribution in [2.45, 2.75) is 45.9 Å². The average molecular weight is 420 g/mol. The highest BCUT2D eigenvalue weighted by Gasteiger charge is 2.39. The summed E-state index contributed by atoms with van der Waals surface area (Å²) in [4.78, 5) is 25.3. The first-order chi connectivity index (χ1) is 13.7. The highest BCUT2D eigenvalue weighted by molar-refractivity contribution is 6.30. The molecule has 1 aromatic heterocycles. The highest BCUT2D eigenvalue weighted by Crippen LogP contribution is 2.24. The second kappa shape index (κ2) is 8.26. The van der Waals surface area contributed by atoms with Crippen LogP contribution in [0.2, 0.25) is 5.02 Å². The molecule has 0 bridgehead atoms. The molecule has 0 fully saturated rings. The Morgan fingerprint density at radius 3 is 2.79 bits per heavy atom. The van der Waals surface area contributed by atoms with Gasteiger partial charge in [0.05, 0.1) is 5.69 Å². The van der Waals surface area contributed by atoms with E-state index >= 15 is 0 Å². The summed E-state index contributed by atoms with van der Waals surface area (Å²) in [5.74, 6) is -0.997. The van der Waals surface area contributed by atoms with Crippen LogP contribution in [-0.2, 0) is 16.1 Å². The largest absolute Gasteiger partial charge is 0.383 e. The number of nitrogens with zero attached hydrogens (tertiary/aromatic N) is 6. The summed E-state index contributed by atoms with van der Waals surface area (Å²) in [6.07, 6.45) is 1.92. The molecule has 1 aliphatic rings. The van der Waals surface area contributed by atoms with Crippen molar-refractivity contribution in [1.82, 2.24) is 30.5 Å². The number of aliphatic hydroxyl groups is 1. The maximum atomic E-state index is 12.7. The Labute approximate surface area is 172 Å². The zero-order chi connectivity index (χ0) is 21.2. The predicted octanol–water partition coefficient (Wildman–Crippen LogP) is 0.926. The van der Waals surface area contributed by atoms with Gasteiger partial charge in [-0.1, -0.05) is 32.4 Å². The number of hydrazone groups is 1. The molecule has 1 aliphatic heterocycles. The molecule has 1 unspecified atom stereocenters. The van der Waals surface area contributed by atoms with Gasteiger partial charge in [-0.05, 0) is 39.6 Å². The number of rotatable bonds is 5. The number of nitrogens with one attached hydrogen (secondary N) is 1. The van der Waals surface area contributed by atoms with Crippen LogP contribution in [-0.4, -0.2) is 60.5 Å². The highest BCUT2D eigenvalue weighted by atomic mass is 35.5. The van der Waals surface area contributed by atoms with Crippen molar-refractivity contribution < 1.29 is 14.7 Å². The molecule has 10 nitrogen and oxygen atoms in total. The Bertz CT molecular complexity index is 924. The van der Waals surface area contributed by atoms with Gasteiger partial charge in [-0.15, -0.1) is 5.10 Å². The molecule has 0 spiro atoms. The van der Waals surface area contributed by atoms with E-state index in [1.165, 1.54) is 17.2 Å². The van der Waals surface area contributed by atoms with Crippen molar-refractivity contribution in [3.05, 3.63) is 35.1 Å². The fourth-order valence-corrected chi connectivity index (χ4v) is 3.03. The number of amides is 2. The van der Waals surface area contributed by atoms with E-state index in [2.05, 4.69) is 25.9 Å². The summed E-state index contributed by atoms with van der Waals surface area (Å²) in [6.45, 7) is 5.37. The summed E-state index contributed by atoms with van der Waals surface area (Å²) in [6, 6.07) is 4.32. The maximum Gasteiger partial charge on any atom is 0.272 e. The van der Waals surface area contributed by atoms with Gasteiger partial charge in [0.1, 0.15) is 18.5 Å². The van der Waals surface area contributed by atoms with Gasteiger partial charge in [0.15, 0.2) is 0 Å². The van der Waals surface area contributed by atoms with Gasteiger partial charge < -0.3 is 10.4 Å². The molecular weight excluding hydrogens is 398 g/mol. The molecule has 0 saturated carbocycles. The molecule has 2 amide bonds. The lowest BCUT2D eigenvalue weighted by molar-refractivity contribution is -0.151. The molecule has 0 saturated heterocycles. The first-order valence-corrected chi connectivity index (χ1v) is 9.39. The number of carbonyl (C=O) groups is 2. The quantitative estimate of drug-likeness (QED) is 0.742. The van der Waals surface area contributed by atoms with Gasteiger partial charge in [0.2, 0.25) is 5.91 Å². The molecule has 2 heterocycles. The fourth-order valence-electron chi connectivity index (χ4n) is 2.83. The minimum absolute atomic E-state index is 0.148. The van der Waals surface area contributed by atoms with E-state index in [0.29, 0.717) is 16.3 Å². The van der Waals surface area contributed by atoms with Crippen molar-refractivity contribution in [2.24, 2.45) is 10.5 Å². The first kappa shape index (κ1) is 20.9. The molecule has 2 atom stereocenters. The van der Waals surface area contributed by atoms with Crippen LogP contribution in [0.15, 0.2) is 29.6 Å². The van der Waals surface area contributed by atoms with E-state index in [1.807, 2.05) is 0 Å². The lowest BCUT2D eigenvalue weighted by Crippen LogP contribution is -2.50. The molecule has 0 radical (unpaired) electrons. The number of hydrogen-bond acceptors (Lipinski definition) is 7. The van der Waals surface area contributed by atoms with Crippen LogP contribution in [0.5, 0.6) is 0 Å². The normalized spacial score (nSPS) is 17.4. The second-order valence-electron chi connectivity index (χ2n) is 7.75. The Morgan fingerprint density at radius 2 is 2.14 bits per heavy atom. The fraction of sp³-hybridized carbons (Fsp3) is 0.444. The minimum atomic E-state index is -1.27. The number of aliphatic hydroxyl groups excluding tert-OH is 1. The minimum Gasteiger partial charge on any atom is -0.383 e. The standard InChI is InChI=1S/C18H22ClN7O3/c1-18(2,3)15(27)17(29)26-14(6-7-22-26)16(28)20-9-11-8-12(19)4-5-13(11)25-10-21-23-24-25/h4-5,7-8,10,14-15,27H,6,9H2,1-3H3,(H,20,28)/t14?,15-/m0/s1. The molecule has 1 aromatic carbocycles. The van der Waals surface area contributed by atoms with Gasteiger partial charge in [0, 0.05) is 24.2 Å². The van der Waals surface area contributed by atoms with E-state index in [4.69, 9.17) is 11.6 Å². The molecule has 154 valence electrons. The number of halogens is 1. The summed E-state index contributed by atoms with van der Waals surface area (Å²) in [5, 5.41) is 29.7.